The van der Waals surface area contributed by atoms with Crippen LogP contribution < -0.4 is 10.1 Å². The summed E-state index contributed by atoms with van der Waals surface area (Å²) in [6.45, 7) is 0.509. The third-order valence-electron chi connectivity index (χ3n) is 2.45. The molecule has 0 aliphatic rings. The fourth-order valence-corrected chi connectivity index (χ4v) is 1.52. The van der Waals surface area contributed by atoms with Crippen molar-refractivity contribution in [3.63, 3.8) is 0 Å². The highest BCUT2D eigenvalue weighted by molar-refractivity contribution is 5.85. The fourth-order valence-electron chi connectivity index (χ4n) is 1.52. The van der Waals surface area contributed by atoms with E-state index in [-0.39, 0.29) is 5.69 Å². The van der Waals surface area contributed by atoms with Crippen LogP contribution in [0.1, 0.15) is 16.1 Å². The fraction of sp³-hybridized carbons (Fsp3) is 0.154. The van der Waals surface area contributed by atoms with Crippen LogP contribution in [-0.2, 0) is 6.54 Å². The number of methoxy groups -OCH3 is 1. The SMILES string of the molecule is COc1cc(CNc2cccc(C(=O)O)n2)ccn1. The molecule has 0 bridgehead atoms. The molecule has 98 valence electrons. The molecule has 2 heterocycles. The van der Waals surface area contributed by atoms with Crippen molar-refractivity contribution >= 4 is 11.8 Å². The molecule has 19 heavy (non-hydrogen) atoms. The molecular formula is C13H13N3O3. The van der Waals surface area contributed by atoms with Crippen molar-refractivity contribution in [2.75, 3.05) is 12.4 Å². The first-order valence-electron chi connectivity index (χ1n) is 5.62. The van der Waals surface area contributed by atoms with E-state index in [4.69, 9.17) is 9.84 Å². The van der Waals surface area contributed by atoms with Crippen molar-refractivity contribution < 1.29 is 14.6 Å². The van der Waals surface area contributed by atoms with Gasteiger partial charge in [0.1, 0.15) is 5.82 Å². The Morgan fingerprint density at radius 3 is 3.00 bits per heavy atom. The normalized spacial score (nSPS) is 9.95. The van der Waals surface area contributed by atoms with Gasteiger partial charge in [-0.25, -0.2) is 14.8 Å². The standard InChI is InChI=1S/C13H13N3O3/c1-19-12-7-9(5-6-14-12)8-15-11-4-2-3-10(16-11)13(17)18/h2-7H,8H2,1H3,(H,15,16)(H,17,18). The van der Waals surface area contributed by atoms with Gasteiger partial charge in [0, 0.05) is 18.8 Å². The Bertz CT molecular complexity index is 587. The lowest BCUT2D eigenvalue weighted by molar-refractivity contribution is 0.0690. The first-order chi connectivity index (χ1) is 9.19. The van der Waals surface area contributed by atoms with E-state index in [0.29, 0.717) is 18.2 Å². The second-order valence-electron chi connectivity index (χ2n) is 3.77. The number of nitrogens with zero attached hydrogens (tertiary/aromatic N) is 2. The molecule has 0 saturated carbocycles. The minimum atomic E-state index is -1.05. The third kappa shape index (κ3) is 3.41. The number of hydrogen-bond donors (Lipinski definition) is 2. The molecule has 0 radical (unpaired) electrons. The number of anilines is 1. The monoisotopic (exact) mass is 259 g/mol. The van der Waals surface area contributed by atoms with Gasteiger partial charge in [0.25, 0.3) is 0 Å². The number of ether oxygens (including phenoxy) is 1. The lowest BCUT2D eigenvalue weighted by atomic mass is 10.2. The molecule has 0 spiro atoms. The first kappa shape index (κ1) is 12.8. The summed E-state index contributed by atoms with van der Waals surface area (Å²) in [5.74, 6) is -0.00328. The Morgan fingerprint density at radius 2 is 2.26 bits per heavy atom. The summed E-state index contributed by atoms with van der Waals surface area (Å²) in [6, 6.07) is 8.45. The Hall–Kier alpha value is -2.63. The van der Waals surface area contributed by atoms with Crippen molar-refractivity contribution in [3.8, 4) is 5.88 Å². The number of rotatable bonds is 5. The maximum atomic E-state index is 10.8. The zero-order valence-corrected chi connectivity index (χ0v) is 10.3. The molecule has 0 aliphatic heterocycles. The molecular weight excluding hydrogens is 246 g/mol. The molecule has 2 aromatic heterocycles. The molecule has 0 atom stereocenters. The number of carbonyl (C=O) groups is 1. The maximum absolute atomic E-state index is 10.8. The Kier molecular flexibility index (Phi) is 3.92. The molecule has 2 rings (SSSR count). The second kappa shape index (κ2) is 5.81. The van der Waals surface area contributed by atoms with Crippen molar-refractivity contribution in [3.05, 3.63) is 47.8 Å². The van der Waals surface area contributed by atoms with Gasteiger partial charge in [-0.3, -0.25) is 0 Å². The van der Waals surface area contributed by atoms with E-state index in [1.165, 1.54) is 6.07 Å². The smallest absolute Gasteiger partial charge is 0.354 e. The molecule has 0 unspecified atom stereocenters. The van der Waals surface area contributed by atoms with E-state index in [1.54, 1.807) is 31.5 Å². The second-order valence-corrected chi connectivity index (χ2v) is 3.77. The van der Waals surface area contributed by atoms with Crippen molar-refractivity contribution in [1.29, 1.82) is 0 Å². The van der Waals surface area contributed by atoms with E-state index < -0.39 is 5.97 Å². The van der Waals surface area contributed by atoms with E-state index >= 15 is 0 Å². The quantitative estimate of drug-likeness (QED) is 0.851. The molecule has 0 aromatic carbocycles. The van der Waals surface area contributed by atoms with Gasteiger partial charge in [0.05, 0.1) is 7.11 Å². The Morgan fingerprint density at radius 1 is 1.42 bits per heavy atom. The number of hydrogen-bond acceptors (Lipinski definition) is 5. The maximum Gasteiger partial charge on any atom is 0.354 e. The van der Waals surface area contributed by atoms with Crippen molar-refractivity contribution in [1.82, 2.24) is 9.97 Å². The lowest BCUT2D eigenvalue weighted by Gasteiger charge is -2.07. The molecule has 0 aliphatic carbocycles. The summed E-state index contributed by atoms with van der Waals surface area (Å²) in [7, 11) is 1.55. The molecule has 2 N–H and O–H groups in total. The average molecular weight is 259 g/mol. The van der Waals surface area contributed by atoms with Gasteiger partial charge in [-0.05, 0) is 23.8 Å². The summed E-state index contributed by atoms with van der Waals surface area (Å²) in [5, 5.41) is 11.9. The van der Waals surface area contributed by atoms with E-state index in [2.05, 4.69) is 15.3 Å². The van der Waals surface area contributed by atoms with Crippen LogP contribution in [0.15, 0.2) is 36.5 Å². The van der Waals surface area contributed by atoms with Crippen molar-refractivity contribution in [2.24, 2.45) is 0 Å². The van der Waals surface area contributed by atoms with Gasteiger partial charge in [-0.15, -0.1) is 0 Å². The molecule has 6 heteroatoms. The van der Waals surface area contributed by atoms with Crippen LogP contribution in [0.3, 0.4) is 0 Å². The first-order valence-corrected chi connectivity index (χ1v) is 5.62. The summed E-state index contributed by atoms with van der Waals surface area (Å²) in [5.41, 5.74) is 0.978. The molecule has 0 fully saturated rings. The Labute approximate surface area is 110 Å². The molecule has 0 amide bonds. The number of nitrogens with one attached hydrogen (secondary N) is 1. The van der Waals surface area contributed by atoms with Crippen LogP contribution in [0.4, 0.5) is 5.82 Å². The summed E-state index contributed by atoms with van der Waals surface area (Å²) < 4.78 is 5.03. The highest BCUT2D eigenvalue weighted by Crippen LogP contribution is 2.11. The minimum absolute atomic E-state index is 0.0114. The van der Waals surface area contributed by atoms with Crippen LogP contribution in [0, 0.1) is 0 Å². The van der Waals surface area contributed by atoms with E-state index in [0.717, 1.165) is 5.56 Å². The van der Waals surface area contributed by atoms with Gasteiger partial charge in [-0.2, -0.15) is 0 Å². The summed E-state index contributed by atoms with van der Waals surface area (Å²) in [4.78, 5) is 18.8. The van der Waals surface area contributed by atoms with Crippen LogP contribution >= 0.6 is 0 Å². The molecule has 2 aromatic rings. The van der Waals surface area contributed by atoms with Crippen LogP contribution in [0.25, 0.3) is 0 Å². The number of carboxylic acid groups (broad SMARTS) is 1. The van der Waals surface area contributed by atoms with E-state index in [1.807, 2.05) is 6.07 Å². The minimum Gasteiger partial charge on any atom is -0.481 e. The van der Waals surface area contributed by atoms with E-state index in [9.17, 15) is 4.79 Å². The summed E-state index contributed by atoms with van der Waals surface area (Å²) in [6.07, 6.45) is 1.65. The largest absolute Gasteiger partial charge is 0.481 e. The molecule has 6 nitrogen and oxygen atoms in total. The predicted molar refractivity (Wildman–Crippen MR) is 69.3 cm³/mol. The number of pyridine rings is 2. The zero-order chi connectivity index (χ0) is 13.7. The molecule has 0 saturated heterocycles. The summed E-state index contributed by atoms with van der Waals surface area (Å²) >= 11 is 0. The topological polar surface area (TPSA) is 84.3 Å². The van der Waals surface area contributed by atoms with Gasteiger partial charge in [0.2, 0.25) is 5.88 Å². The average Bonchev–Trinajstić information content (AvgIpc) is 2.45. The predicted octanol–water partition coefficient (Wildman–Crippen LogP) is 1.80. The highest BCUT2D eigenvalue weighted by Gasteiger charge is 2.05. The van der Waals surface area contributed by atoms with Crippen LogP contribution in [-0.4, -0.2) is 28.2 Å². The van der Waals surface area contributed by atoms with Gasteiger partial charge < -0.3 is 15.2 Å². The van der Waals surface area contributed by atoms with Crippen LogP contribution in [0.2, 0.25) is 0 Å². The van der Waals surface area contributed by atoms with Gasteiger partial charge in [-0.1, -0.05) is 6.07 Å². The number of aromatic carboxylic acids is 1. The third-order valence-corrected chi connectivity index (χ3v) is 2.45. The van der Waals surface area contributed by atoms with Crippen LogP contribution in [0.5, 0.6) is 5.88 Å². The lowest BCUT2D eigenvalue weighted by Crippen LogP contribution is -2.06. The van der Waals surface area contributed by atoms with Crippen molar-refractivity contribution in [2.45, 2.75) is 6.54 Å². The Balaban J connectivity index is 2.05. The van der Waals surface area contributed by atoms with Gasteiger partial charge >= 0.3 is 5.97 Å². The number of carboxylic acids is 1. The van der Waals surface area contributed by atoms with Gasteiger partial charge in [0.15, 0.2) is 5.69 Å². The number of aromatic nitrogens is 2. The highest BCUT2D eigenvalue weighted by atomic mass is 16.5. The zero-order valence-electron chi connectivity index (χ0n) is 10.3.